The molecule has 0 amide bonds. The fourth-order valence-electron chi connectivity index (χ4n) is 9.05. The van der Waals surface area contributed by atoms with Gasteiger partial charge in [0.15, 0.2) is 23.3 Å². The van der Waals surface area contributed by atoms with Crippen LogP contribution >= 0.6 is 0 Å². The molecular weight excluding hydrogens is 800 g/mol. The van der Waals surface area contributed by atoms with E-state index in [0.717, 1.165) is 18.4 Å². The molecular formula is C46H49F5N4O6. The largest absolute Gasteiger partial charge is 0.481 e. The van der Waals surface area contributed by atoms with E-state index in [4.69, 9.17) is 0 Å². The van der Waals surface area contributed by atoms with Crippen molar-refractivity contribution in [1.29, 1.82) is 5.26 Å². The third-order valence-corrected chi connectivity index (χ3v) is 12.0. The van der Waals surface area contributed by atoms with Gasteiger partial charge in [0.2, 0.25) is 5.82 Å². The van der Waals surface area contributed by atoms with Crippen molar-refractivity contribution in [3.8, 4) is 6.07 Å². The van der Waals surface area contributed by atoms with Crippen LogP contribution in [0.25, 0.3) is 0 Å². The summed E-state index contributed by atoms with van der Waals surface area (Å²) in [6.07, 6.45) is 9.31. The van der Waals surface area contributed by atoms with Crippen LogP contribution in [-0.2, 0) is 33.3 Å². The predicted molar refractivity (Wildman–Crippen MR) is 221 cm³/mol. The van der Waals surface area contributed by atoms with E-state index in [2.05, 4.69) is 6.07 Å². The van der Waals surface area contributed by atoms with Gasteiger partial charge in [0.1, 0.15) is 0 Å². The van der Waals surface area contributed by atoms with Gasteiger partial charge in [-0.05, 0) is 74.1 Å². The summed E-state index contributed by atoms with van der Waals surface area (Å²) in [6.45, 7) is 7.31. The molecule has 3 aromatic rings. The Balaban J connectivity index is 1.72. The molecule has 5 rings (SSSR count). The highest BCUT2D eigenvalue weighted by molar-refractivity contribution is 5.76. The molecule has 3 aromatic carbocycles. The average molecular weight is 849 g/mol. The lowest BCUT2D eigenvalue weighted by molar-refractivity contribution is -0.386. The van der Waals surface area contributed by atoms with Crippen LogP contribution in [0.3, 0.4) is 0 Å². The zero-order valence-electron chi connectivity index (χ0n) is 34.5. The number of halogens is 5. The first kappa shape index (κ1) is 46.0. The molecule has 2 N–H and O–H groups in total. The van der Waals surface area contributed by atoms with Gasteiger partial charge in [0.05, 0.1) is 41.0 Å². The smallest absolute Gasteiger partial charge is 0.305 e. The molecule has 2 aliphatic rings. The number of hydrogen-bond donors (Lipinski definition) is 2. The molecule has 0 aromatic heterocycles. The molecule has 2 unspecified atom stereocenters. The molecule has 61 heavy (non-hydrogen) atoms. The van der Waals surface area contributed by atoms with Crippen LogP contribution in [0.5, 0.6) is 0 Å². The minimum absolute atomic E-state index is 0.0146. The Hall–Kier alpha value is -6.04. The number of benzene rings is 3. The zero-order chi connectivity index (χ0) is 44.8. The second-order valence-corrected chi connectivity index (χ2v) is 15.8. The van der Waals surface area contributed by atoms with Crippen LogP contribution in [0, 0.1) is 50.5 Å². The number of allylic oxidation sites excluding steroid dienone is 5. The minimum Gasteiger partial charge on any atom is -0.481 e. The molecule has 2 aliphatic heterocycles. The molecule has 2 atom stereocenters. The van der Waals surface area contributed by atoms with Crippen molar-refractivity contribution in [2.45, 2.75) is 109 Å². The highest BCUT2D eigenvalue weighted by Crippen LogP contribution is 2.55. The molecule has 0 aliphatic carbocycles. The van der Waals surface area contributed by atoms with Crippen LogP contribution in [0.2, 0.25) is 0 Å². The van der Waals surface area contributed by atoms with Crippen LogP contribution in [-0.4, -0.2) is 46.2 Å². The Morgan fingerprint density at radius 2 is 1.51 bits per heavy atom. The lowest BCUT2D eigenvalue weighted by Gasteiger charge is -2.38. The van der Waals surface area contributed by atoms with Crippen LogP contribution in [0.1, 0.15) is 101 Å². The quantitative estimate of drug-likeness (QED) is 0.0229. The normalized spacial score (nSPS) is 18.8. The van der Waals surface area contributed by atoms with Gasteiger partial charge in [0.25, 0.3) is 5.69 Å². The van der Waals surface area contributed by atoms with Crippen molar-refractivity contribution in [2.24, 2.45) is 0 Å². The monoisotopic (exact) mass is 848 g/mol. The highest BCUT2D eigenvalue weighted by atomic mass is 19.2. The topological polar surface area (TPSA) is 148 Å². The summed E-state index contributed by atoms with van der Waals surface area (Å²) in [4.78, 5) is 39.4. The first-order valence-corrected chi connectivity index (χ1v) is 20.4. The van der Waals surface area contributed by atoms with E-state index < -0.39 is 81.2 Å². The molecule has 324 valence electrons. The van der Waals surface area contributed by atoms with Crippen molar-refractivity contribution in [3.63, 3.8) is 0 Å². The fraction of sp³-hybridized carbons (Fsp3) is 0.413. The number of nitro groups is 1. The number of nitro benzene ring substituents is 1. The summed E-state index contributed by atoms with van der Waals surface area (Å²) < 4.78 is 74.2. The second kappa shape index (κ2) is 19.1. The maximum absolute atomic E-state index is 15.4. The van der Waals surface area contributed by atoms with Gasteiger partial charge in [-0.3, -0.25) is 19.7 Å². The Labute approximate surface area is 351 Å². The summed E-state index contributed by atoms with van der Waals surface area (Å²) in [5, 5.41) is 42.5. The number of anilines is 2. The van der Waals surface area contributed by atoms with Crippen molar-refractivity contribution in [2.75, 3.05) is 22.9 Å². The molecule has 15 heteroatoms. The van der Waals surface area contributed by atoms with Gasteiger partial charge in [-0.15, -0.1) is 0 Å². The van der Waals surface area contributed by atoms with Gasteiger partial charge in [-0.2, -0.15) is 5.26 Å². The molecule has 0 saturated heterocycles. The second-order valence-electron chi connectivity index (χ2n) is 15.8. The summed E-state index contributed by atoms with van der Waals surface area (Å²) in [5.41, 5.74) is -0.492. The lowest BCUT2D eigenvalue weighted by Crippen LogP contribution is -2.44. The van der Waals surface area contributed by atoms with Crippen LogP contribution in [0.15, 0.2) is 72.0 Å². The van der Waals surface area contributed by atoms with Crippen molar-refractivity contribution in [3.05, 3.63) is 133 Å². The Morgan fingerprint density at radius 3 is 2.07 bits per heavy atom. The summed E-state index contributed by atoms with van der Waals surface area (Å²) in [6, 6.07) is 11.5. The van der Waals surface area contributed by atoms with E-state index in [1.807, 2.05) is 25.7 Å². The Kier molecular flexibility index (Phi) is 14.4. The Bertz CT molecular complexity index is 2300. The van der Waals surface area contributed by atoms with E-state index in [-0.39, 0.29) is 36.5 Å². The number of nitriles is 1. The van der Waals surface area contributed by atoms with Gasteiger partial charge in [0, 0.05) is 52.6 Å². The number of aliphatic carboxylic acids is 2. The van der Waals surface area contributed by atoms with Gasteiger partial charge in [-0.25, -0.2) is 22.0 Å². The molecule has 10 nitrogen and oxygen atoms in total. The van der Waals surface area contributed by atoms with E-state index in [9.17, 15) is 48.3 Å². The van der Waals surface area contributed by atoms with E-state index in [1.54, 1.807) is 48.2 Å². The molecule has 0 bridgehead atoms. The number of aryl methyl sites for hydroxylation is 1. The van der Waals surface area contributed by atoms with Crippen LogP contribution < -0.4 is 9.80 Å². The number of unbranched alkanes of at least 4 members (excludes halogenated alkanes) is 2. The Morgan fingerprint density at radius 1 is 0.902 bits per heavy atom. The molecule has 2 heterocycles. The number of hydrogen-bond acceptors (Lipinski definition) is 7. The van der Waals surface area contributed by atoms with E-state index in [1.165, 1.54) is 24.3 Å². The van der Waals surface area contributed by atoms with E-state index in [0.29, 0.717) is 54.6 Å². The third kappa shape index (κ3) is 8.90. The fourth-order valence-corrected chi connectivity index (χ4v) is 9.05. The summed E-state index contributed by atoms with van der Waals surface area (Å²) in [5.74, 6) is -12.7. The highest BCUT2D eigenvalue weighted by Gasteiger charge is 2.52. The first-order chi connectivity index (χ1) is 29.0. The minimum atomic E-state index is -2.30. The molecule has 0 radical (unpaired) electrons. The number of fused-ring (bicyclic) bond motifs is 2. The summed E-state index contributed by atoms with van der Waals surface area (Å²) >= 11 is 0. The van der Waals surface area contributed by atoms with Gasteiger partial charge in [-0.1, -0.05) is 70.7 Å². The van der Waals surface area contributed by atoms with Gasteiger partial charge >= 0.3 is 11.9 Å². The maximum atomic E-state index is 15.4. The lowest BCUT2D eigenvalue weighted by atomic mass is 9.68. The van der Waals surface area contributed by atoms with Gasteiger partial charge < -0.3 is 20.0 Å². The van der Waals surface area contributed by atoms with Crippen molar-refractivity contribution >= 4 is 29.0 Å². The standard InChI is InChI=1S/C46H49F5N4O6/c1-5-8-21-46(22-9-6-2)36(54(24-20-38(58)59)33-11-10-12-34(39(33)46)55(60)61)18-15-29(27-52)14-17-35-45(4,26-30-40(47)42(49)44(51)43(50)41(30)48)31-25-28(7-3)13-16-32(31)53(35)23-19-37(56)57/h10-18,25,36H,5-9,19-24,26H2,1-4H3,(H,56,57)(H,58,59)/b18-15+,29-14-,35-17+. The number of nitrogens with zero attached hydrogens (tertiary/aromatic N) is 4. The molecule has 0 saturated carbocycles. The van der Waals surface area contributed by atoms with Crippen molar-refractivity contribution < 1.29 is 46.7 Å². The average Bonchev–Trinajstić information content (AvgIpc) is 3.64. The number of carboxylic acid groups (broad SMARTS) is 2. The number of rotatable bonds is 19. The SMILES string of the molecule is CCCCC1(CCCC)c2c(cccc2[N+](=O)[O-])N(CCC(=O)O)C1/C=C/C(C#N)=C/C=C1/N(CCC(=O)O)c2ccc(CC)cc2C1(C)Cc1c(F)c(F)c(F)c(F)c1F. The summed E-state index contributed by atoms with van der Waals surface area (Å²) in [7, 11) is 0. The zero-order valence-corrected chi connectivity index (χ0v) is 34.5. The van der Waals surface area contributed by atoms with Crippen LogP contribution in [0.4, 0.5) is 39.0 Å². The number of carbonyl (C=O) groups is 2. The third-order valence-electron chi connectivity index (χ3n) is 12.0. The predicted octanol–water partition coefficient (Wildman–Crippen LogP) is 10.5. The molecule has 0 fully saturated rings. The van der Waals surface area contributed by atoms with Crippen molar-refractivity contribution in [1.82, 2.24) is 0 Å². The molecule has 0 spiro atoms. The number of carboxylic acids is 2. The maximum Gasteiger partial charge on any atom is 0.305 e. The first-order valence-electron chi connectivity index (χ1n) is 20.4. The van der Waals surface area contributed by atoms with E-state index >= 15 is 8.78 Å².